The largest absolute Gasteiger partial charge is 0.462 e. The SMILES string of the molecule is O=C(NCCOCCOCCNC(=O)c1cccc(-c2ccc(OC3OC(CO)C(O)C(O)C3O)cc2)c1)c1cccc(-c2ccc(OC(O)C(O)C(O)C(O)CCO)cc2)c1. The molecule has 18 nitrogen and oxygen atoms in total. The van der Waals surface area contributed by atoms with Gasteiger partial charge in [0.2, 0.25) is 12.6 Å². The van der Waals surface area contributed by atoms with E-state index in [1.807, 2.05) is 12.1 Å². The summed E-state index contributed by atoms with van der Waals surface area (Å²) in [5.74, 6) is -0.0898. The van der Waals surface area contributed by atoms with Crippen LogP contribution in [0, 0.1) is 0 Å². The van der Waals surface area contributed by atoms with Crippen molar-refractivity contribution >= 4 is 11.8 Å². The molecule has 62 heavy (non-hydrogen) atoms. The van der Waals surface area contributed by atoms with E-state index in [4.69, 9.17) is 28.8 Å². The van der Waals surface area contributed by atoms with E-state index in [9.17, 15) is 50.4 Å². The summed E-state index contributed by atoms with van der Waals surface area (Å²) in [6, 6.07) is 27.1. The quantitative estimate of drug-likeness (QED) is 0.0333. The van der Waals surface area contributed by atoms with Gasteiger partial charge in [-0.2, -0.15) is 0 Å². The van der Waals surface area contributed by atoms with Crippen molar-refractivity contribution < 1.29 is 79.2 Å². The minimum atomic E-state index is -1.84. The van der Waals surface area contributed by atoms with Crippen LogP contribution in [-0.4, -0.2) is 166 Å². The number of aliphatic hydroxyl groups is 9. The van der Waals surface area contributed by atoms with Gasteiger partial charge in [-0.1, -0.05) is 48.5 Å². The predicted molar refractivity (Wildman–Crippen MR) is 221 cm³/mol. The number of carbonyl (C=O) groups excluding carboxylic acids is 2. The van der Waals surface area contributed by atoms with Crippen LogP contribution < -0.4 is 20.1 Å². The van der Waals surface area contributed by atoms with E-state index >= 15 is 0 Å². The van der Waals surface area contributed by atoms with Gasteiger partial charge in [0.05, 0.1) is 39.1 Å². The molecule has 0 aliphatic carbocycles. The van der Waals surface area contributed by atoms with E-state index in [0.717, 1.165) is 22.3 Å². The molecule has 2 amide bonds. The lowest BCUT2D eigenvalue weighted by molar-refractivity contribution is -0.277. The van der Waals surface area contributed by atoms with Crippen LogP contribution in [0.25, 0.3) is 22.3 Å². The molecular formula is C44H54N2O16. The lowest BCUT2D eigenvalue weighted by Gasteiger charge is -2.39. The second-order valence-electron chi connectivity index (χ2n) is 14.3. The maximum Gasteiger partial charge on any atom is 0.251 e. The predicted octanol–water partition coefficient (Wildman–Crippen LogP) is -0.445. The summed E-state index contributed by atoms with van der Waals surface area (Å²) in [7, 11) is 0. The fraction of sp³-hybridized carbons (Fsp3) is 0.409. The number of carbonyl (C=O) groups is 2. The molecule has 5 rings (SSSR count). The molecule has 1 fully saturated rings. The minimum absolute atomic E-state index is 0.184. The second-order valence-corrected chi connectivity index (χ2v) is 14.3. The maximum absolute atomic E-state index is 12.8. The van der Waals surface area contributed by atoms with Crippen molar-refractivity contribution in [2.75, 3.05) is 52.7 Å². The molecule has 18 heteroatoms. The Morgan fingerprint density at radius 3 is 1.63 bits per heavy atom. The summed E-state index contributed by atoms with van der Waals surface area (Å²) in [4.78, 5) is 25.6. The molecule has 4 aromatic carbocycles. The molecule has 336 valence electrons. The van der Waals surface area contributed by atoms with E-state index < -0.39 is 68.5 Å². The van der Waals surface area contributed by atoms with Crippen LogP contribution in [0.15, 0.2) is 97.1 Å². The van der Waals surface area contributed by atoms with Crippen LogP contribution in [0.2, 0.25) is 0 Å². The molecule has 11 N–H and O–H groups in total. The van der Waals surface area contributed by atoms with Crippen molar-refractivity contribution in [1.29, 1.82) is 0 Å². The van der Waals surface area contributed by atoms with Gasteiger partial charge < -0.3 is 80.3 Å². The van der Waals surface area contributed by atoms with Crippen molar-refractivity contribution in [1.82, 2.24) is 10.6 Å². The first-order valence-corrected chi connectivity index (χ1v) is 20.0. The van der Waals surface area contributed by atoms with Crippen LogP contribution in [0.1, 0.15) is 27.1 Å². The first kappa shape index (κ1) is 48.0. The Labute approximate surface area is 357 Å². The highest BCUT2D eigenvalue weighted by molar-refractivity contribution is 5.96. The van der Waals surface area contributed by atoms with Gasteiger partial charge in [0, 0.05) is 30.8 Å². The van der Waals surface area contributed by atoms with Crippen LogP contribution in [0.3, 0.4) is 0 Å². The molecule has 1 aliphatic rings. The Bertz CT molecular complexity index is 1980. The number of benzene rings is 4. The number of ether oxygens (including phenoxy) is 5. The number of hydrogen-bond acceptors (Lipinski definition) is 16. The molecule has 1 heterocycles. The Hall–Kier alpha value is -5.06. The number of hydrogen-bond donors (Lipinski definition) is 11. The van der Waals surface area contributed by atoms with Crippen molar-refractivity contribution in [3.05, 3.63) is 108 Å². The Morgan fingerprint density at radius 1 is 0.613 bits per heavy atom. The fourth-order valence-corrected chi connectivity index (χ4v) is 6.34. The molecule has 9 unspecified atom stereocenters. The summed E-state index contributed by atoms with van der Waals surface area (Å²) in [6.07, 6.45) is -14.0. The summed E-state index contributed by atoms with van der Waals surface area (Å²) in [5, 5.41) is 94.1. The van der Waals surface area contributed by atoms with Crippen molar-refractivity contribution in [2.24, 2.45) is 0 Å². The zero-order valence-corrected chi connectivity index (χ0v) is 33.7. The standard InChI is InChI=1S/C44H54N2O16/c47-18-15-34(49)36(50)39(53)43(57)60-32-11-7-26(8-12-32)28-3-1-5-30(23-28)41(55)45-16-19-58-21-22-59-20-17-46-42(56)31-6-2-4-29(24-31)27-9-13-33(14-10-27)61-44-40(54)38(52)37(51)35(25-48)62-44/h1-14,23-24,34-40,43-44,47-54,57H,15-22,25H2,(H,45,55)(H,46,56). The average molecular weight is 867 g/mol. The van der Waals surface area contributed by atoms with Gasteiger partial charge in [-0.05, 0) is 77.2 Å². The van der Waals surface area contributed by atoms with Crippen LogP contribution >= 0.6 is 0 Å². The topological polar surface area (TPSA) is 286 Å². The zero-order valence-electron chi connectivity index (χ0n) is 33.7. The smallest absolute Gasteiger partial charge is 0.251 e. The molecule has 1 saturated heterocycles. The molecular weight excluding hydrogens is 812 g/mol. The number of rotatable bonds is 23. The van der Waals surface area contributed by atoms with Crippen LogP contribution in [0.4, 0.5) is 0 Å². The summed E-state index contributed by atoms with van der Waals surface area (Å²) in [5.41, 5.74) is 3.88. The molecule has 1 aliphatic heterocycles. The molecule has 0 aromatic heterocycles. The molecule has 4 aromatic rings. The van der Waals surface area contributed by atoms with Crippen molar-refractivity contribution in [2.45, 2.75) is 61.7 Å². The lowest BCUT2D eigenvalue weighted by Crippen LogP contribution is -2.60. The first-order valence-electron chi connectivity index (χ1n) is 20.0. The Morgan fingerprint density at radius 2 is 1.13 bits per heavy atom. The minimum Gasteiger partial charge on any atom is -0.462 e. The highest BCUT2D eigenvalue weighted by Crippen LogP contribution is 2.28. The Kier molecular flexibility index (Phi) is 18.5. The highest BCUT2D eigenvalue weighted by Gasteiger charge is 2.44. The first-order chi connectivity index (χ1) is 29.9. The van der Waals surface area contributed by atoms with Crippen molar-refractivity contribution in [3.8, 4) is 33.8 Å². The molecule has 0 radical (unpaired) electrons. The third-order valence-corrected chi connectivity index (χ3v) is 9.88. The van der Waals surface area contributed by atoms with Gasteiger partial charge in [0.1, 0.15) is 48.1 Å². The van der Waals surface area contributed by atoms with Crippen LogP contribution in [-0.2, 0) is 14.2 Å². The highest BCUT2D eigenvalue weighted by atomic mass is 16.7. The third kappa shape index (κ3) is 13.5. The average Bonchev–Trinajstić information content (AvgIpc) is 3.29. The molecule has 0 saturated carbocycles. The normalized spacial score (nSPS) is 20.7. The summed E-state index contributed by atoms with van der Waals surface area (Å²) >= 11 is 0. The maximum atomic E-state index is 12.8. The van der Waals surface area contributed by atoms with Gasteiger partial charge in [0.25, 0.3) is 11.8 Å². The number of amides is 2. The van der Waals surface area contributed by atoms with Gasteiger partial charge in [0.15, 0.2) is 0 Å². The van der Waals surface area contributed by atoms with Crippen LogP contribution in [0.5, 0.6) is 11.5 Å². The summed E-state index contributed by atoms with van der Waals surface area (Å²) < 4.78 is 27.5. The van der Waals surface area contributed by atoms with Gasteiger partial charge in [-0.25, -0.2) is 0 Å². The second kappa shape index (κ2) is 24.0. The van der Waals surface area contributed by atoms with E-state index in [1.54, 1.807) is 72.8 Å². The fourth-order valence-electron chi connectivity index (χ4n) is 6.34. The molecule has 0 bridgehead atoms. The monoisotopic (exact) mass is 866 g/mol. The third-order valence-electron chi connectivity index (χ3n) is 9.88. The number of nitrogens with one attached hydrogen (secondary N) is 2. The Balaban J connectivity index is 0.951. The van der Waals surface area contributed by atoms with E-state index in [1.165, 1.54) is 12.1 Å². The molecule has 0 spiro atoms. The van der Waals surface area contributed by atoms with E-state index in [0.29, 0.717) is 16.9 Å². The lowest BCUT2D eigenvalue weighted by atomic mass is 9.99. The summed E-state index contributed by atoms with van der Waals surface area (Å²) in [6.45, 7) is 0.582. The van der Waals surface area contributed by atoms with Crippen molar-refractivity contribution in [3.63, 3.8) is 0 Å². The number of aliphatic hydroxyl groups excluding tert-OH is 9. The zero-order chi connectivity index (χ0) is 44.6. The van der Waals surface area contributed by atoms with Gasteiger partial charge in [-0.3, -0.25) is 9.59 Å². The molecule has 9 atom stereocenters. The van der Waals surface area contributed by atoms with Gasteiger partial charge in [-0.15, -0.1) is 0 Å². The van der Waals surface area contributed by atoms with Gasteiger partial charge >= 0.3 is 0 Å². The van der Waals surface area contributed by atoms with E-state index in [2.05, 4.69) is 10.6 Å². The van der Waals surface area contributed by atoms with E-state index in [-0.39, 0.29) is 63.5 Å².